The van der Waals surface area contributed by atoms with Gasteiger partial charge in [0.2, 0.25) is 0 Å². The van der Waals surface area contributed by atoms with Crippen molar-refractivity contribution in [1.82, 2.24) is 13.5 Å². The number of hydrogen-bond donors (Lipinski definition) is 0. The lowest BCUT2D eigenvalue weighted by Crippen LogP contribution is -2.53. The molecule has 0 aromatic heterocycles. The molecule has 0 radical (unpaired) electrons. The smallest absolute Gasteiger partial charge is 0.281 e. The largest absolute Gasteiger partial charge is 0.285 e. The molecule has 1 saturated heterocycles. The number of rotatable bonds is 5. The average molecular weight is 274 g/mol. The number of hydrogen-bond acceptors (Lipinski definition) is 4. The molecule has 6 nitrogen and oxygen atoms in total. The van der Waals surface area contributed by atoms with Crippen molar-refractivity contribution in [3.8, 4) is 6.07 Å². The van der Waals surface area contributed by atoms with E-state index in [0.29, 0.717) is 26.2 Å². The molecule has 1 unspecified atom stereocenters. The van der Waals surface area contributed by atoms with Crippen molar-refractivity contribution in [3.63, 3.8) is 0 Å². The van der Waals surface area contributed by atoms with E-state index in [4.69, 9.17) is 5.26 Å². The van der Waals surface area contributed by atoms with Gasteiger partial charge >= 0.3 is 0 Å². The summed E-state index contributed by atoms with van der Waals surface area (Å²) in [7, 11) is -0.234. The Balaban J connectivity index is 2.59. The second-order valence-corrected chi connectivity index (χ2v) is 6.80. The number of piperazine rings is 1. The van der Waals surface area contributed by atoms with Gasteiger partial charge in [0.05, 0.1) is 12.1 Å². The lowest BCUT2D eigenvalue weighted by Gasteiger charge is -2.37. The SMILES string of the molecule is CCCC(C#N)N1CCN(S(=O)(=O)N(C)C)CC1. The average Bonchev–Trinajstić information content (AvgIpc) is 2.36. The second-order valence-electron chi connectivity index (χ2n) is 4.66. The second kappa shape index (κ2) is 6.48. The molecule has 0 spiro atoms. The molecule has 0 amide bonds. The summed E-state index contributed by atoms with van der Waals surface area (Å²) in [6.07, 6.45) is 1.81. The van der Waals surface area contributed by atoms with Gasteiger partial charge in [-0.05, 0) is 6.42 Å². The third-order valence-corrected chi connectivity index (χ3v) is 5.15. The minimum atomic E-state index is -3.31. The molecule has 1 rings (SSSR count). The van der Waals surface area contributed by atoms with Crippen LogP contribution in [0.25, 0.3) is 0 Å². The molecular weight excluding hydrogens is 252 g/mol. The Morgan fingerprint density at radius 1 is 1.28 bits per heavy atom. The lowest BCUT2D eigenvalue weighted by molar-refractivity contribution is 0.153. The van der Waals surface area contributed by atoms with E-state index < -0.39 is 10.2 Å². The highest BCUT2D eigenvalue weighted by atomic mass is 32.2. The van der Waals surface area contributed by atoms with Gasteiger partial charge in [-0.25, -0.2) is 0 Å². The van der Waals surface area contributed by atoms with Gasteiger partial charge in [-0.3, -0.25) is 4.90 Å². The molecule has 104 valence electrons. The minimum Gasteiger partial charge on any atom is -0.285 e. The van der Waals surface area contributed by atoms with E-state index in [-0.39, 0.29) is 6.04 Å². The topological polar surface area (TPSA) is 67.6 Å². The van der Waals surface area contributed by atoms with E-state index in [2.05, 4.69) is 17.9 Å². The first-order chi connectivity index (χ1) is 8.43. The standard InChI is InChI=1S/C11H22N4O2S/c1-4-5-11(10-12)14-6-8-15(9-7-14)18(16,17)13(2)3/h11H,4-9H2,1-3H3. The fraction of sp³-hybridized carbons (Fsp3) is 0.909. The molecule has 0 aromatic rings. The molecule has 1 heterocycles. The van der Waals surface area contributed by atoms with Gasteiger partial charge < -0.3 is 0 Å². The third-order valence-electron chi connectivity index (χ3n) is 3.21. The summed E-state index contributed by atoms with van der Waals surface area (Å²) in [6.45, 7) is 4.23. The van der Waals surface area contributed by atoms with E-state index in [1.807, 2.05) is 0 Å². The van der Waals surface area contributed by atoms with Gasteiger partial charge in [-0.1, -0.05) is 13.3 Å². The highest BCUT2D eigenvalue weighted by Gasteiger charge is 2.30. The maximum Gasteiger partial charge on any atom is 0.281 e. The molecule has 1 aliphatic rings. The minimum absolute atomic E-state index is 0.0841. The van der Waals surface area contributed by atoms with E-state index >= 15 is 0 Å². The molecule has 1 aliphatic heterocycles. The molecule has 1 atom stereocenters. The zero-order chi connectivity index (χ0) is 13.8. The highest BCUT2D eigenvalue weighted by molar-refractivity contribution is 7.86. The van der Waals surface area contributed by atoms with Crippen molar-refractivity contribution < 1.29 is 8.42 Å². The van der Waals surface area contributed by atoms with E-state index in [9.17, 15) is 8.42 Å². The Hall–Kier alpha value is -0.680. The zero-order valence-corrected chi connectivity index (χ0v) is 12.2. The Bertz CT molecular complexity index is 394. The summed E-state index contributed by atoms with van der Waals surface area (Å²) in [5.74, 6) is 0. The van der Waals surface area contributed by atoms with Gasteiger partial charge in [-0.15, -0.1) is 0 Å². The van der Waals surface area contributed by atoms with Gasteiger partial charge in [0.1, 0.15) is 0 Å². The summed E-state index contributed by atoms with van der Waals surface area (Å²) < 4.78 is 26.6. The number of nitriles is 1. The first kappa shape index (κ1) is 15.4. The van der Waals surface area contributed by atoms with Crippen LogP contribution in [0.1, 0.15) is 19.8 Å². The number of nitrogens with zero attached hydrogens (tertiary/aromatic N) is 4. The van der Waals surface area contributed by atoms with Crippen LogP contribution in [0.3, 0.4) is 0 Å². The van der Waals surface area contributed by atoms with Crippen molar-refractivity contribution in [2.24, 2.45) is 0 Å². The molecule has 0 saturated carbocycles. The predicted octanol–water partition coefficient (Wildman–Crippen LogP) is 0.103. The maximum absolute atomic E-state index is 11.9. The monoisotopic (exact) mass is 274 g/mol. The molecule has 1 fully saturated rings. The molecule has 0 aliphatic carbocycles. The quantitative estimate of drug-likeness (QED) is 0.713. The first-order valence-electron chi connectivity index (χ1n) is 6.24. The van der Waals surface area contributed by atoms with Crippen molar-refractivity contribution in [3.05, 3.63) is 0 Å². The van der Waals surface area contributed by atoms with Gasteiger partial charge in [0.25, 0.3) is 10.2 Å². The summed E-state index contributed by atoms with van der Waals surface area (Å²) in [5.41, 5.74) is 0. The van der Waals surface area contributed by atoms with Gasteiger partial charge in [-0.2, -0.15) is 22.3 Å². The van der Waals surface area contributed by atoms with Crippen LogP contribution in [0.4, 0.5) is 0 Å². The van der Waals surface area contributed by atoms with Crippen LogP contribution in [0.15, 0.2) is 0 Å². The molecule has 7 heteroatoms. The van der Waals surface area contributed by atoms with Crippen molar-refractivity contribution in [2.45, 2.75) is 25.8 Å². The Morgan fingerprint density at radius 2 is 1.83 bits per heavy atom. The normalized spacial score (nSPS) is 20.8. The van der Waals surface area contributed by atoms with Crippen LogP contribution in [-0.2, 0) is 10.2 Å². The van der Waals surface area contributed by atoms with Crippen LogP contribution in [-0.4, -0.2) is 68.2 Å². The predicted molar refractivity (Wildman–Crippen MR) is 70.1 cm³/mol. The van der Waals surface area contributed by atoms with Crippen LogP contribution in [0.5, 0.6) is 0 Å². The van der Waals surface area contributed by atoms with Crippen LogP contribution in [0.2, 0.25) is 0 Å². The van der Waals surface area contributed by atoms with E-state index in [1.54, 1.807) is 0 Å². The summed E-state index contributed by atoms with van der Waals surface area (Å²) >= 11 is 0. The van der Waals surface area contributed by atoms with Crippen molar-refractivity contribution >= 4 is 10.2 Å². The Kier molecular flexibility index (Phi) is 5.53. The highest BCUT2D eigenvalue weighted by Crippen LogP contribution is 2.13. The first-order valence-corrected chi connectivity index (χ1v) is 7.64. The third kappa shape index (κ3) is 3.42. The van der Waals surface area contributed by atoms with Crippen molar-refractivity contribution in [1.29, 1.82) is 5.26 Å². The Morgan fingerprint density at radius 3 is 2.22 bits per heavy atom. The Labute approximate surface area is 110 Å². The molecule has 0 aromatic carbocycles. The molecule has 0 bridgehead atoms. The fourth-order valence-electron chi connectivity index (χ4n) is 2.08. The van der Waals surface area contributed by atoms with Crippen LogP contribution in [0, 0.1) is 11.3 Å². The van der Waals surface area contributed by atoms with Gasteiger partial charge in [0.15, 0.2) is 0 Å². The van der Waals surface area contributed by atoms with E-state index in [0.717, 1.165) is 12.8 Å². The van der Waals surface area contributed by atoms with Crippen LogP contribution < -0.4 is 0 Å². The molecular formula is C11H22N4O2S. The fourth-order valence-corrected chi connectivity index (χ4v) is 3.17. The van der Waals surface area contributed by atoms with Crippen LogP contribution >= 0.6 is 0 Å². The van der Waals surface area contributed by atoms with Crippen molar-refractivity contribution in [2.75, 3.05) is 40.3 Å². The molecule has 0 N–H and O–H groups in total. The van der Waals surface area contributed by atoms with E-state index in [1.165, 1.54) is 22.7 Å². The molecule has 18 heavy (non-hydrogen) atoms. The summed E-state index contributed by atoms with van der Waals surface area (Å²) in [5, 5.41) is 9.09. The van der Waals surface area contributed by atoms with Gasteiger partial charge in [0, 0.05) is 40.3 Å². The summed E-state index contributed by atoms with van der Waals surface area (Å²) in [4.78, 5) is 2.07. The summed E-state index contributed by atoms with van der Waals surface area (Å²) in [6, 6.07) is 2.21. The maximum atomic E-state index is 11.9. The zero-order valence-electron chi connectivity index (χ0n) is 11.3. The lowest BCUT2D eigenvalue weighted by atomic mass is 10.1.